The Labute approximate surface area is 163 Å². The molecular formula is C19H27BrN4O2. The van der Waals surface area contributed by atoms with Crippen LogP contribution in [0.25, 0.3) is 0 Å². The zero-order valence-corrected chi connectivity index (χ0v) is 16.9. The number of rotatable bonds is 5. The van der Waals surface area contributed by atoms with Gasteiger partial charge in [0.15, 0.2) is 0 Å². The predicted octanol–water partition coefficient (Wildman–Crippen LogP) is 1.94. The Bertz CT molecular complexity index is 653. The summed E-state index contributed by atoms with van der Waals surface area (Å²) in [4.78, 5) is 30.9. The Morgan fingerprint density at radius 3 is 2.23 bits per heavy atom. The van der Waals surface area contributed by atoms with Crippen molar-refractivity contribution in [1.29, 1.82) is 0 Å². The number of carbonyl (C=O) groups is 2. The van der Waals surface area contributed by atoms with Crippen LogP contribution in [-0.4, -0.2) is 78.9 Å². The third-order valence-corrected chi connectivity index (χ3v) is 5.61. The smallest absolute Gasteiger partial charge is 0.238 e. The van der Waals surface area contributed by atoms with E-state index in [0.717, 1.165) is 67.8 Å². The topological polar surface area (TPSA) is 55.9 Å². The van der Waals surface area contributed by atoms with E-state index in [-0.39, 0.29) is 11.8 Å². The molecule has 2 heterocycles. The zero-order chi connectivity index (χ0) is 18.5. The first kappa shape index (κ1) is 19.3. The van der Waals surface area contributed by atoms with Crippen LogP contribution in [0.5, 0.6) is 0 Å². The Kier molecular flexibility index (Phi) is 6.67. The van der Waals surface area contributed by atoms with Crippen LogP contribution in [0, 0.1) is 6.92 Å². The second kappa shape index (κ2) is 8.97. The molecule has 2 aliphatic rings. The fourth-order valence-corrected chi connectivity index (χ4v) is 4.00. The number of halogens is 1. The van der Waals surface area contributed by atoms with Crippen molar-refractivity contribution in [3.8, 4) is 0 Å². The number of hydrogen-bond acceptors (Lipinski definition) is 4. The highest BCUT2D eigenvalue weighted by molar-refractivity contribution is 9.10. The summed E-state index contributed by atoms with van der Waals surface area (Å²) in [5, 5.41) is 2.99. The maximum Gasteiger partial charge on any atom is 0.238 e. The molecule has 0 aliphatic carbocycles. The van der Waals surface area contributed by atoms with Gasteiger partial charge in [-0.05, 0) is 43.5 Å². The third kappa shape index (κ3) is 5.28. The van der Waals surface area contributed by atoms with Gasteiger partial charge in [0.05, 0.1) is 13.1 Å². The largest absolute Gasteiger partial charge is 0.342 e. The molecule has 0 aromatic heterocycles. The molecule has 0 atom stereocenters. The minimum atomic E-state index is 0.0111. The summed E-state index contributed by atoms with van der Waals surface area (Å²) < 4.78 is 1.01. The summed E-state index contributed by atoms with van der Waals surface area (Å²) in [7, 11) is 0. The molecule has 142 valence electrons. The monoisotopic (exact) mass is 422 g/mol. The molecule has 0 saturated carbocycles. The van der Waals surface area contributed by atoms with Crippen LogP contribution >= 0.6 is 15.9 Å². The van der Waals surface area contributed by atoms with Crippen LogP contribution < -0.4 is 5.32 Å². The quantitative estimate of drug-likeness (QED) is 0.787. The lowest BCUT2D eigenvalue weighted by molar-refractivity contribution is -0.132. The number of hydrogen-bond donors (Lipinski definition) is 1. The van der Waals surface area contributed by atoms with Crippen molar-refractivity contribution in [2.75, 3.05) is 57.7 Å². The number of nitrogens with zero attached hydrogens (tertiary/aromatic N) is 3. The number of piperazine rings is 1. The average Bonchev–Trinajstić information content (AvgIpc) is 3.14. The summed E-state index contributed by atoms with van der Waals surface area (Å²) >= 11 is 3.43. The first-order chi connectivity index (χ1) is 12.5. The minimum Gasteiger partial charge on any atom is -0.342 e. The molecule has 0 bridgehead atoms. The average molecular weight is 423 g/mol. The molecule has 1 aromatic rings. The van der Waals surface area contributed by atoms with E-state index in [9.17, 15) is 9.59 Å². The van der Waals surface area contributed by atoms with Crippen molar-refractivity contribution in [3.05, 3.63) is 28.2 Å². The molecule has 3 rings (SSSR count). The van der Waals surface area contributed by atoms with E-state index in [4.69, 9.17) is 0 Å². The van der Waals surface area contributed by atoms with Gasteiger partial charge in [-0.2, -0.15) is 0 Å². The van der Waals surface area contributed by atoms with Crippen molar-refractivity contribution in [2.45, 2.75) is 19.8 Å². The van der Waals surface area contributed by atoms with Crippen molar-refractivity contribution < 1.29 is 9.59 Å². The van der Waals surface area contributed by atoms with Gasteiger partial charge in [-0.3, -0.25) is 19.4 Å². The Balaban J connectivity index is 1.40. The molecule has 2 saturated heterocycles. The van der Waals surface area contributed by atoms with Gasteiger partial charge in [0.2, 0.25) is 11.8 Å². The second-order valence-corrected chi connectivity index (χ2v) is 8.06. The summed E-state index contributed by atoms with van der Waals surface area (Å²) in [6.07, 6.45) is 2.26. The van der Waals surface area contributed by atoms with Crippen molar-refractivity contribution in [1.82, 2.24) is 14.7 Å². The maximum absolute atomic E-state index is 12.3. The van der Waals surface area contributed by atoms with Crippen LogP contribution in [0.4, 0.5) is 5.69 Å². The molecular weight excluding hydrogens is 396 g/mol. The Hall–Kier alpha value is -1.44. The van der Waals surface area contributed by atoms with Gasteiger partial charge in [0.1, 0.15) is 0 Å². The number of benzene rings is 1. The van der Waals surface area contributed by atoms with Crippen LogP contribution in [0.15, 0.2) is 22.7 Å². The number of likely N-dealkylation sites (tertiary alicyclic amines) is 1. The number of nitrogens with one attached hydrogen (secondary N) is 1. The second-order valence-electron chi connectivity index (χ2n) is 7.15. The van der Waals surface area contributed by atoms with E-state index in [0.29, 0.717) is 13.1 Å². The van der Waals surface area contributed by atoms with E-state index in [1.54, 1.807) is 0 Å². The lowest BCUT2D eigenvalue weighted by Crippen LogP contribution is -2.51. The number of aryl methyl sites for hydroxylation is 1. The standard InChI is InChI=1S/C19H27BrN4O2/c1-15-12-16(20)4-5-17(15)21-18(25)13-22-8-10-23(11-9-22)14-19(26)24-6-2-3-7-24/h4-5,12H,2-3,6-11,13-14H2,1H3,(H,21,25). The number of carbonyl (C=O) groups excluding carboxylic acids is 2. The van der Waals surface area contributed by atoms with Gasteiger partial charge in [0.25, 0.3) is 0 Å². The van der Waals surface area contributed by atoms with E-state index in [1.165, 1.54) is 0 Å². The summed E-state index contributed by atoms with van der Waals surface area (Å²) in [5.41, 5.74) is 1.89. The molecule has 1 N–H and O–H groups in total. The lowest BCUT2D eigenvalue weighted by atomic mass is 10.2. The third-order valence-electron chi connectivity index (χ3n) is 5.11. The number of amides is 2. The first-order valence-corrected chi connectivity index (χ1v) is 10.1. The molecule has 0 spiro atoms. The number of anilines is 1. The fourth-order valence-electron chi connectivity index (χ4n) is 3.52. The van der Waals surface area contributed by atoms with E-state index >= 15 is 0 Å². The zero-order valence-electron chi connectivity index (χ0n) is 15.3. The van der Waals surface area contributed by atoms with Gasteiger partial charge < -0.3 is 10.2 Å². The van der Waals surface area contributed by atoms with Crippen LogP contribution in [-0.2, 0) is 9.59 Å². The summed E-state index contributed by atoms with van der Waals surface area (Å²) in [5.74, 6) is 0.261. The van der Waals surface area contributed by atoms with Crippen molar-refractivity contribution in [2.24, 2.45) is 0 Å². The first-order valence-electron chi connectivity index (χ1n) is 9.30. The Morgan fingerprint density at radius 2 is 1.62 bits per heavy atom. The highest BCUT2D eigenvalue weighted by atomic mass is 79.9. The maximum atomic E-state index is 12.3. The van der Waals surface area contributed by atoms with Gasteiger partial charge in [0, 0.05) is 49.4 Å². The highest BCUT2D eigenvalue weighted by Gasteiger charge is 2.24. The van der Waals surface area contributed by atoms with Gasteiger partial charge >= 0.3 is 0 Å². The molecule has 2 fully saturated rings. The van der Waals surface area contributed by atoms with E-state index < -0.39 is 0 Å². The molecule has 0 unspecified atom stereocenters. The summed E-state index contributed by atoms with van der Waals surface area (Å²) in [6, 6.07) is 5.84. The highest BCUT2D eigenvalue weighted by Crippen LogP contribution is 2.20. The predicted molar refractivity (Wildman–Crippen MR) is 106 cm³/mol. The molecule has 26 heavy (non-hydrogen) atoms. The molecule has 0 radical (unpaired) electrons. The SMILES string of the molecule is Cc1cc(Br)ccc1NC(=O)CN1CCN(CC(=O)N2CCCC2)CC1. The van der Waals surface area contributed by atoms with E-state index in [2.05, 4.69) is 31.0 Å². The van der Waals surface area contributed by atoms with E-state index in [1.807, 2.05) is 30.0 Å². The molecule has 2 aliphatic heterocycles. The van der Waals surface area contributed by atoms with Gasteiger partial charge in [-0.1, -0.05) is 15.9 Å². The van der Waals surface area contributed by atoms with Crippen molar-refractivity contribution >= 4 is 33.4 Å². The summed E-state index contributed by atoms with van der Waals surface area (Å²) in [6.45, 7) is 8.02. The van der Waals surface area contributed by atoms with Gasteiger partial charge in [-0.25, -0.2) is 0 Å². The molecule has 2 amide bonds. The molecule has 1 aromatic carbocycles. The van der Waals surface area contributed by atoms with Crippen molar-refractivity contribution in [3.63, 3.8) is 0 Å². The van der Waals surface area contributed by atoms with Crippen LogP contribution in [0.3, 0.4) is 0 Å². The van der Waals surface area contributed by atoms with Gasteiger partial charge in [-0.15, -0.1) is 0 Å². The normalized spacial score (nSPS) is 18.9. The fraction of sp³-hybridized carbons (Fsp3) is 0.579. The minimum absolute atomic E-state index is 0.0111. The van der Waals surface area contributed by atoms with Crippen LogP contribution in [0.1, 0.15) is 18.4 Å². The Morgan fingerprint density at radius 1 is 1.00 bits per heavy atom. The van der Waals surface area contributed by atoms with Crippen LogP contribution in [0.2, 0.25) is 0 Å². The molecule has 7 heteroatoms. The lowest BCUT2D eigenvalue weighted by Gasteiger charge is -2.34. The molecule has 6 nitrogen and oxygen atoms in total.